The molecule has 0 bridgehead atoms. The molecule has 1 aromatic carbocycles. The van der Waals surface area contributed by atoms with E-state index in [1.165, 1.54) is 0 Å². The van der Waals surface area contributed by atoms with E-state index in [0.717, 1.165) is 38.9 Å². The number of carbonyl (C=O) groups is 2. The molecular weight excluding hydrogens is 349 g/mol. The summed E-state index contributed by atoms with van der Waals surface area (Å²) in [5.74, 6) is 0.0146. The molecule has 1 aromatic rings. The maximum Gasteiger partial charge on any atom is 0.253 e. The zero-order chi connectivity index (χ0) is 17.3. The van der Waals surface area contributed by atoms with Gasteiger partial charge in [0.1, 0.15) is 0 Å². The van der Waals surface area contributed by atoms with Crippen LogP contribution in [0.3, 0.4) is 0 Å². The second-order valence-electron chi connectivity index (χ2n) is 6.47. The van der Waals surface area contributed by atoms with Crippen molar-refractivity contribution >= 4 is 35.0 Å². The van der Waals surface area contributed by atoms with Gasteiger partial charge in [-0.1, -0.05) is 23.2 Å². The number of nitrogens with one attached hydrogen (secondary N) is 1. The SMILES string of the molecule is CN1CCC(N2CCC(NC(=O)c3cc(Cl)ccc3Cl)CC2)C1=O. The van der Waals surface area contributed by atoms with Crippen LogP contribution < -0.4 is 5.32 Å². The van der Waals surface area contributed by atoms with Gasteiger partial charge >= 0.3 is 0 Å². The Morgan fingerprint density at radius 2 is 1.88 bits per heavy atom. The summed E-state index contributed by atoms with van der Waals surface area (Å²) in [4.78, 5) is 28.5. The van der Waals surface area contributed by atoms with E-state index in [9.17, 15) is 9.59 Å². The second kappa shape index (κ2) is 7.30. The van der Waals surface area contributed by atoms with Crippen LogP contribution in [0.5, 0.6) is 0 Å². The van der Waals surface area contributed by atoms with Gasteiger partial charge in [-0.15, -0.1) is 0 Å². The molecule has 1 N–H and O–H groups in total. The van der Waals surface area contributed by atoms with Crippen LogP contribution >= 0.6 is 23.2 Å². The summed E-state index contributed by atoms with van der Waals surface area (Å²) in [5.41, 5.74) is 0.402. The normalized spacial score (nSPS) is 22.9. The minimum atomic E-state index is -0.197. The fourth-order valence-electron chi connectivity index (χ4n) is 3.43. The van der Waals surface area contributed by atoms with E-state index in [1.807, 2.05) is 7.05 Å². The zero-order valence-corrected chi connectivity index (χ0v) is 15.1. The average Bonchev–Trinajstić information content (AvgIpc) is 2.90. The van der Waals surface area contributed by atoms with Crippen LogP contribution in [0.15, 0.2) is 18.2 Å². The molecule has 2 aliphatic heterocycles. The highest BCUT2D eigenvalue weighted by molar-refractivity contribution is 6.35. The number of rotatable bonds is 3. The standard InChI is InChI=1S/C17H21Cl2N3O2/c1-21-7-6-15(17(21)24)22-8-4-12(5-9-22)20-16(23)13-10-11(18)2-3-14(13)19/h2-3,10,12,15H,4-9H2,1H3,(H,20,23). The van der Waals surface area contributed by atoms with E-state index in [1.54, 1.807) is 23.1 Å². The number of amides is 2. The van der Waals surface area contributed by atoms with Gasteiger partial charge in [-0.2, -0.15) is 0 Å². The van der Waals surface area contributed by atoms with Crippen LogP contribution in [0.2, 0.25) is 10.0 Å². The molecule has 1 unspecified atom stereocenters. The lowest BCUT2D eigenvalue weighted by molar-refractivity contribution is -0.131. The van der Waals surface area contributed by atoms with Crippen LogP contribution in [0.1, 0.15) is 29.6 Å². The van der Waals surface area contributed by atoms with Crippen molar-refractivity contribution < 1.29 is 9.59 Å². The first-order valence-corrected chi connectivity index (χ1v) is 8.96. The van der Waals surface area contributed by atoms with Gasteiger partial charge in [0.15, 0.2) is 0 Å². The average molecular weight is 370 g/mol. The summed E-state index contributed by atoms with van der Waals surface area (Å²) in [5, 5.41) is 3.92. The molecule has 24 heavy (non-hydrogen) atoms. The van der Waals surface area contributed by atoms with Crippen LogP contribution in [0.25, 0.3) is 0 Å². The number of hydrogen-bond acceptors (Lipinski definition) is 3. The maximum absolute atomic E-state index is 12.4. The fourth-order valence-corrected chi connectivity index (χ4v) is 3.81. The Morgan fingerprint density at radius 3 is 2.50 bits per heavy atom. The van der Waals surface area contributed by atoms with Crippen molar-refractivity contribution in [3.63, 3.8) is 0 Å². The van der Waals surface area contributed by atoms with Gasteiger partial charge in [-0.25, -0.2) is 0 Å². The highest BCUT2D eigenvalue weighted by Gasteiger charge is 2.35. The van der Waals surface area contributed by atoms with Gasteiger partial charge in [0, 0.05) is 37.7 Å². The Kier molecular flexibility index (Phi) is 5.33. The number of piperidine rings is 1. The summed E-state index contributed by atoms with van der Waals surface area (Å²) >= 11 is 12.0. The molecule has 1 atom stereocenters. The minimum absolute atomic E-state index is 0.00836. The lowest BCUT2D eigenvalue weighted by Crippen LogP contribution is -2.50. The highest BCUT2D eigenvalue weighted by Crippen LogP contribution is 2.23. The van der Waals surface area contributed by atoms with Gasteiger partial charge < -0.3 is 10.2 Å². The van der Waals surface area contributed by atoms with E-state index < -0.39 is 0 Å². The third kappa shape index (κ3) is 3.68. The smallest absolute Gasteiger partial charge is 0.253 e. The number of likely N-dealkylation sites (tertiary alicyclic amines) is 2. The van der Waals surface area contributed by atoms with Crippen molar-refractivity contribution in [1.82, 2.24) is 15.1 Å². The largest absolute Gasteiger partial charge is 0.349 e. The highest BCUT2D eigenvalue weighted by atomic mass is 35.5. The van der Waals surface area contributed by atoms with E-state index in [4.69, 9.17) is 23.2 Å². The Bertz CT molecular complexity index is 645. The molecule has 0 spiro atoms. The first-order valence-electron chi connectivity index (χ1n) is 8.20. The minimum Gasteiger partial charge on any atom is -0.349 e. The molecular formula is C17H21Cl2N3O2. The first-order chi connectivity index (χ1) is 11.5. The third-order valence-corrected chi connectivity index (χ3v) is 5.44. The molecule has 2 heterocycles. The van der Waals surface area contributed by atoms with Crippen LogP contribution in [0, 0.1) is 0 Å². The van der Waals surface area contributed by atoms with E-state index in [0.29, 0.717) is 15.6 Å². The lowest BCUT2D eigenvalue weighted by Gasteiger charge is -2.35. The molecule has 0 aromatic heterocycles. The van der Waals surface area contributed by atoms with Gasteiger partial charge in [0.05, 0.1) is 16.6 Å². The van der Waals surface area contributed by atoms with Crippen LogP contribution in [-0.2, 0) is 4.79 Å². The molecule has 0 radical (unpaired) electrons. The molecule has 3 rings (SSSR count). The topological polar surface area (TPSA) is 52.6 Å². The summed E-state index contributed by atoms with van der Waals surface area (Å²) in [6, 6.07) is 4.98. The summed E-state index contributed by atoms with van der Waals surface area (Å²) in [6.07, 6.45) is 2.55. The Hall–Kier alpha value is -1.30. The molecule has 2 saturated heterocycles. The predicted octanol–water partition coefficient (Wildman–Crippen LogP) is 2.42. The summed E-state index contributed by atoms with van der Waals surface area (Å²) in [7, 11) is 1.85. The monoisotopic (exact) mass is 369 g/mol. The summed E-state index contributed by atoms with van der Waals surface area (Å²) in [6.45, 7) is 2.46. The van der Waals surface area contributed by atoms with Crippen molar-refractivity contribution in [2.75, 3.05) is 26.7 Å². The summed E-state index contributed by atoms with van der Waals surface area (Å²) < 4.78 is 0. The van der Waals surface area contributed by atoms with Gasteiger partial charge in [-0.3, -0.25) is 14.5 Å². The third-order valence-electron chi connectivity index (χ3n) is 4.88. The van der Waals surface area contributed by atoms with Crippen molar-refractivity contribution in [2.24, 2.45) is 0 Å². The van der Waals surface area contributed by atoms with E-state index in [-0.39, 0.29) is 23.9 Å². The molecule has 2 amide bonds. The number of benzene rings is 1. The number of likely N-dealkylation sites (N-methyl/N-ethyl adjacent to an activating group) is 1. The van der Waals surface area contributed by atoms with E-state index >= 15 is 0 Å². The predicted molar refractivity (Wildman–Crippen MR) is 94.6 cm³/mol. The molecule has 5 nitrogen and oxygen atoms in total. The number of carbonyl (C=O) groups excluding carboxylic acids is 2. The number of hydrogen-bond donors (Lipinski definition) is 1. The lowest BCUT2D eigenvalue weighted by atomic mass is 10.0. The molecule has 2 fully saturated rings. The maximum atomic E-state index is 12.4. The molecule has 0 saturated carbocycles. The molecule has 0 aliphatic carbocycles. The van der Waals surface area contributed by atoms with Gasteiger partial charge in [0.25, 0.3) is 5.91 Å². The van der Waals surface area contributed by atoms with Crippen LogP contribution in [0.4, 0.5) is 0 Å². The molecule has 7 heteroatoms. The number of nitrogens with zero attached hydrogens (tertiary/aromatic N) is 2. The Morgan fingerprint density at radius 1 is 1.17 bits per heavy atom. The Labute approximate surface area is 151 Å². The van der Waals surface area contributed by atoms with E-state index in [2.05, 4.69) is 10.2 Å². The van der Waals surface area contributed by atoms with Crippen molar-refractivity contribution in [2.45, 2.75) is 31.3 Å². The second-order valence-corrected chi connectivity index (χ2v) is 7.32. The fraction of sp³-hybridized carbons (Fsp3) is 0.529. The zero-order valence-electron chi connectivity index (χ0n) is 13.6. The van der Waals surface area contributed by atoms with Crippen molar-refractivity contribution in [3.8, 4) is 0 Å². The van der Waals surface area contributed by atoms with Gasteiger partial charge in [-0.05, 0) is 37.5 Å². The number of halogens is 2. The van der Waals surface area contributed by atoms with Crippen molar-refractivity contribution in [1.29, 1.82) is 0 Å². The molecule has 2 aliphatic rings. The van der Waals surface area contributed by atoms with Gasteiger partial charge in [0.2, 0.25) is 5.91 Å². The molecule has 130 valence electrons. The van der Waals surface area contributed by atoms with Crippen LogP contribution in [-0.4, -0.2) is 60.4 Å². The first kappa shape index (κ1) is 17.5. The Balaban J connectivity index is 1.55. The quantitative estimate of drug-likeness (QED) is 0.889. The van der Waals surface area contributed by atoms with Crippen molar-refractivity contribution in [3.05, 3.63) is 33.8 Å².